The van der Waals surface area contributed by atoms with E-state index in [1.165, 1.54) is 7.11 Å². The molecule has 8 heteroatoms. The number of halogens is 3. The van der Waals surface area contributed by atoms with Gasteiger partial charge < -0.3 is 19.5 Å². The quantitative estimate of drug-likeness (QED) is 0.804. The first-order chi connectivity index (χ1) is 8.88. The lowest BCUT2D eigenvalue weighted by Crippen LogP contribution is -2.62. The Morgan fingerprint density at radius 1 is 1.35 bits per heavy atom. The highest BCUT2D eigenvalue weighted by Gasteiger charge is 2.58. The van der Waals surface area contributed by atoms with Gasteiger partial charge in [0.2, 0.25) is 0 Å². The smallest absolute Gasteiger partial charge is 0.419 e. The SMILES string of the molecule is CO[C@@H]1CN(C(=O)OC(C)(C)C)C[C@@](O)(C(F)(F)F)C1. The molecule has 0 saturated carbocycles. The van der Waals surface area contributed by atoms with Crippen molar-refractivity contribution in [3.63, 3.8) is 0 Å². The summed E-state index contributed by atoms with van der Waals surface area (Å²) in [5.74, 6) is 0. The second-order valence-corrected chi connectivity index (χ2v) is 5.95. The molecule has 0 aromatic carbocycles. The average molecular weight is 299 g/mol. The standard InChI is InChI=1S/C12H20F3NO4/c1-10(2,3)20-9(17)16-6-8(19-4)5-11(18,7-16)12(13,14)15/h8,18H,5-7H2,1-4H3/t8-,11+/m0/s1. The molecule has 118 valence electrons. The summed E-state index contributed by atoms with van der Waals surface area (Å²) in [5, 5.41) is 9.77. The molecule has 0 spiro atoms. The molecule has 1 heterocycles. The van der Waals surface area contributed by atoms with Crippen LogP contribution in [0, 0.1) is 0 Å². The van der Waals surface area contributed by atoms with Crippen LogP contribution in [0.25, 0.3) is 0 Å². The molecule has 0 unspecified atom stereocenters. The van der Waals surface area contributed by atoms with Crippen LogP contribution in [0.4, 0.5) is 18.0 Å². The molecule has 2 atom stereocenters. The van der Waals surface area contributed by atoms with E-state index in [-0.39, 0.29) is 6.54 Å². The van der Waals surface area contributed by atoms with E-state index in [4.69, 9.17) is 9.47 Å². The van der Waals surface area contributed by atoms with Crippen LogP contribution in [0.5, 0.6) is 0 Å². The van der Waals surface area contributed by atoms with Crippen molar-refractivity contribution in [1.82, 2.24) is 4.90 Å². The molecule has 0 bridgehead atoms. The average Bonchev–Trinajstić information content (AvgIpc) is 2.24. The van der Waals surface area contributed by atoms with E-state index >= 15 is 0 Å². The number of rotatable bonds is 1. The number of aliphatic hydroxyl groups is 1. The van der Waals surface area contributed by atoms with Crippen LogP contribution >= 0.6 is 0 Å². The minimum Gasteiger partial charge on any atom is -0.444 e. The van der Waals surface area contributed by atoms with Gasteiger partial charge in [0.15, 0.2) is 5.60 Å². The van der Waals surface area contributed by atoms with Crippen molar-refractivity contribution in [3.05, 3.63) is 0 Å². The fourth-order valence-corrected chi connectivity index (χ4v) is 1.96. The van der Waals surface area contributed by atoms with Gasteiger partial charge in [-0.05, 0) is 20.8 Å². The topological polar surface area (TPSA) is 59.0 Å². The predicted molar refractivity (Wildman–Crippen MR) is 64.2 cm³/mol. The lowest BCUT2D eigenvalue weighted by molar-refractivity contribution is -0.281. The van der Waals surface area contributed by atoms with Crippen LogP contribution in [0.1, 0.15) is 27.2 Å². The number of likely N-dealkylation sites (tertiary alicyclic amines) is 1. The molecular formula is C12H20F3NO4. The molecular weight excluding hydrogens is 279 g/mol. The molecule has 1 rings (SSSR count). The number of amides is 1. The van der Waals surface area contributed by atoms with Crippen molar-refractivity contribution in [3.8, 4) is 0 Å². The van der Waals surface area contributed by atoms with E-state index in [2.05, 4.69) is 0 Å². The molecule has 1 aliphatic rings. The molecule has 20 heavy (non-hydrogen) atoms. The molecule has 0 aliphatic carbocycles. The van der Waals surface area contributed by atoms with Crippen LogP contribution in [0.2, 0.25) is 0 Å². The van der Waals surface area contributed by atoms with Crippen LogP contribution < -0.4 is 0 Å². The summed E-state index contributed by atoms with van der Waals surface area (Å²) in [6.07, 6.45) is -7.25. The number of hydrogen-bond acceptors (Lipinski definition) is 4. The Morgan fingerprint density at radius 2 is 1.90 bits per heavy atom. The summed E-state index contributed by atoms with van der Waals surface area (Å²) in [6, 6.07) is 0. The number of nitrogens with zero attached hydrogens (tertiary/aromatic N) is 1. The van der Waals surface area contributed by atoms with Crippen molar-refractivity contribution in [2.24, 2.45) is 0 Å². The van der Waals surface area contributed by atoms with Crippen molar-refractivity contribution in [2.75, 3.05) is 20.2 Å². The number of β-amino-alcohol motifs (C(OH)–C–C–N with tert-alkyl or cyclic N) is 1. The Bertz CT molecular complexity index is 367. The van der Waals surface area contributed by atoms with Gasteiger partial charge >= 0.3 is 12.3 Å². The number of methoxy groups -OCH3 is 1. The molecule has 0 aromatic rings. The summed E-state index contributed by atoms with van der Waals surface area (Å²) in [4.78, 5) is 12.7. The first-order valence-electron chi connectivity index (χ1n) is 6.18. The van der Waals surface area contributed by atoms with Crippen LogP contribution in [0.3, 0.4) is 0 Å². The zero-order valence-electron chi connectivity index (χ0n) is 12.0. The van der Waals surface area contributed by atoms with Gasteiger partial charge in [-0.25, -0.2) is 4.79 Å². The highest BCUT2D eigenvalue weighted by molar-refractivity contribution is 5.68. The van der Waals surface area contributed by atoms with Gasteiger partial charge in [0.1, 0.15) is 5.60 Å². The summed E-state index contributed by atoms with van der Waals surface area (Å²) >= 11 is 0. The first kappa shape index (κ1) is 17.0. The first-order valence-corrected chi connectivity index (χ1v) is 6.18. The maximum atomic E-state index is 12.9. The van der Waals surface area contributed by atoms with E-state index in [9.17, 15) is 23.1 Å². The van der Waals surface area contributed by atoms with Gasteiger partial charge in [0.05, 0.1) is 19.2 Å². The van der Waals surface area contributed by atoms with Crippen LogP contribution in [-0.2, 0) is 9.47 Å². The third-order valence-corrected chi connectivity index (χ3v) is 2.95. The highest BCUT2D eigenvalue weighted by Crippen LogP contribution is 2.38. The monoisotopic (exact) mass is 299 g/mol. The van der Waals surface area contributed by atoms with E-state index in [1.54, 1.807) is 20.8 Å². The third-order valence-electron chi connectivity index (χ3n) is 2.95. The molecule has 1 aliphatic heterocycles. The normalized spacial score (nSPS) is 28.4. The largest absolute Gasteiger partial charge is 0.444 e. The fraction of sp³-hybridized carbons (Fsp3) is 0.917. The third kappa shape index (κ3) is 3.99. The number of piperidine rings is 1. The summed E-state index contributed by atoms with van der Waals surface area (Å²) < 4.78 is 48.7. The van der Waals surface area contributed by atoms with Crippen molar-refractivity contribution in [2.45, 2.75) is 50.7 Å². The fourth-order valence-electron chi connectivity index (χ4n) is 1.96. The van der Waals surface area contributed by atoms with Gasteiger partial charge in [0, 0.05) is 13.5 Å². The zero-order valence-corrected chi connectivity index (χ0v) is 12.0. The second-order valence-electron chi connectivity index (χ2n) is 5.95. The van der Waals surface area contributed by atoms with Crippen molar-refractivity contribution < 1.29 is 32.5 Å². The zero-order chi connectivity index (χ0) is 15.8. The minimum atomic E-state index is -4.84. The molecule has 1 amide bonds. The number of hydrogen-bond donors (Lipinski definition) is 1. The van der Waals surface area contributed by atoms with Crippen molar-refractivity contribution in [1.29, 1.82) is 0 Å². The van der Waals surface area contributed by atoms with E-state index in [1.807, 2.05) is 0 Å². The van der Waals surface area contributed by atoms with Gasteiger partial charge in [-0.15, -0.1) is 0 Å². The van der Waals surface area contributed by atoms with Crippen molar-refractivity contribution >= 4 is 6.09 Å². The molecule has 5 nitrogen and oxygen atoms in total. The van der Waals surface area contributed by atoms with Gasteiger partial charge in [-0.2, -0.15) is 13.2 Å². The Morgan fingerprint density at radius 3 is 2.30 bits per heavy atom. The Hall–Kier alpha value is -1.02. The Kier molecular flexibility index (Phi) is 4.60. The number of alkyl halides is 3. The van der Waals surface area contributed by atoms with E-state index in [0.29, 0.717) is 0 Å². The summed E-state index contributed by atoms with van der Waals surface area (Å²) in [5.41, 5.74) is -3.81. The van der Waals surface area contributed by atoms with Gasteiger partial charge in [-0.3, -0.25) is 0 Å². The lowest BCUT2D eigenvalue weighted by Gasteiger charge is -2.43. The number of carbonyl (C=O) groups is 1. The summed E-state index contributed by atoms with van der Waals surface area (Å²) in [7, 11) is 1.24. The van der Waals surface area contributed by atoms with Crippen LogP contribution in [-0.4, -0.2) is 59.8 Å². The maximum Gasteiger partial charge on any atom is 0.419 e. The number of ether oxygens (including phenoxy) is 2. The Balaban J connectivity index is 2.90. The van der Waals surface area contributed by atoms with Crippen LogP contribution in [0.15, 0.2) is 0 Å². The second kappa shape index (κ2) is 5.40. The molecule has 1 fully saturated rings. The highest BCUT2D eigenvalue weighted by atomic mass is 19.4. The summed E-state index contributed by atoms with van der Waals surface area (Å²) in [6.45, 7) is 3.92. The molecule has 0 aromatic heterocycles. The maximum absolute atomic E-state index is 12.9. The molecule has 0 radical (unpaired) electrons. The lowest BCUT2D eigenvalue weighted by atomic mass is 9.90. The van der Waals surface area contributed by atoms with Gasteiger partial charge in [0.25, 0.3) is 0 Å². The van der Waals surface area contributed by atoms with Gasteiger partial charge in [-0.1, -0.05) is 0 Å². The van der Waals surface area contributed by atoms with E-state index < -0.39 is 42.5 Å². The van der Waals surface area contributed by atoms with E-state index in [0.717, 1.165) is 4.90 Å². The number of carbonyl (C=O) groups excluding carboxylic acids is 1. The molecule has 1 saturated heterocycles. The molecule has 1 N–H and O–H groups in total. The Labute approximate surface area is 115 Å². The minimum absolute atomic E-state index is 0.0518. The predicted octanol–water partition coefficient (Wildman–Crippen LogP) is 1.94.